The lowest BCUT2D eigenvalue weighted by atomic mass is 10.1. The minimum absolute atomic E-state index is 0.00812. The van der Waals surface area contributed by atoms with Gasteiger partial charge in [-0.25, -0.2) is 4.68 Å². The maximum absolute atomic E-state index is 12.1. The van der Waals surface area contributed by atoms with Crippen LogP contribution in [0.25, 0.3) is 16.9 Å². The summed E-state index contributed by atoms with van der Waals surface area (Å²) in [6.45, 7) is 3.88. The maximum Gasteiger partial charge on any atom is 0.273 e. The van der Waals surface area contributed by atoms with Crippen LogP contribution in [0.3, 0.4) is 0 Å². The second kappa shape index (κ2) is 6.82. The van der Waals surface area contributed by atoms with Crippen LogP contribution in [0.15, 0.2) is 48.5 Å². The second-order valence-corrected chi connectivity index (χ2v) is 6.37. The normalized spacial score (nSPS) is 10.7. The molecule has 4 nitrogen and oxygen atoms in total. The molecular formula is C19H14Cl2N2O2. The van der Waals surface area contributed by atoms with Gasteiger partial charge in [-0.2, -0.15) is 5.10 Å². The Hall–Kier alpha value is -2.43. The van der Waals surface area contributed by atoms with Crippen molar-refractivity contribution in [1.29, 1.82) is 0 Å². The smallest absolute Gasteiger partial charge is 0.273 e. The zero-order valence-electron chi connectivity index (χ0n) is 13.6. The Balaban J connectivity index is 2.43. The van der Waals surface area contributed by atoms with Crippen LogP contribution in [0.2, 0.25) is 0 Å². The molecule has 0 spiro atoms. The van der Waals surface area contributed by atoms with Crippen LogP contribution in [0, 0.1) is 13.8 Å². The number of hydrogen-bond acceptors (Lipinski definition) is 3. The molecule has 1 heterocycles. The lowest BCUT2D eigenvalue weighted by molar-refractivity contribution is 0.105. The Morgan fingerprint density at radius 3 is 2.24 bits per heavy atom. The van der Waals surface area contributed by atoms with Crippen molar-refractivity contribution >= 4 is 33.7 Å². The second-order valence-electron chi connectivity index (χ2n) is 5.69. The first-order valence-electron chi connectivity index (χ1n) is 7.56. The highest BCUT2D eigenvalue weighted by Gasteiger charge is 2.28. The van der Waals surface area contributed by atoms with E-state index in [1.54, 1.807) is 4.68 Å². The molecule has 25 heavy (non-hydrogen) atoms. The number of aromatic nitrogens is 2. The molecule has 0 bridgehead atoms. The van der Waals surface area contributed by atoms with Gasteiger partial charge in [0.25, 0.3) is 10.5 Å². The summed E-state index contributed by atoms with van der Waals surface area (Å²) in [5.41, 5.74) is 3.72. The van der Waals surface area contributed by atoms with E-state index in [0.717, 1.165) is 16.8 Å². The third-order valence-corrected chi connectivity index (χ3v) is 4.28. The van der Waals surface area contributed by atoms with E-state index in [-0.39, 0.29) is 11.3 Å². The Morgan fingerprint density at radius 2 is 1.64 bits per heavy atom. The van der Waals surface area contributed by atoms with E-state index in [4.69, 9.17) is 23.2 Å². The van der Waals surface area contributed by atoms with Crippen molar-refractivity contribution in [1.82, 2.24) is 9.78 Å². The molecule has 126 valence electrons. The molecule has 0 saturated carbocycles. The van der Waals surface area contributed by atoms with Crippen molar-refractivity contribution in [2.75, 3.05) is 0 Å². The summed E-state index contributed by atoms with van der Waals surface area (Å²) in [7, 11) is 0. The topological polar surface area (TPSA) is 52.0 Å². The number of benzene rings is 2. The van der Waals surface area contributed by atoms with E-state index < -0.39 is 10.5 Å². The molecule has 0 aliphatic rings. The first-order valence-corrected chi connectivity index (χ1v) is 8.31. The fourth-order valence-corrected chi connectivity index (χ4v) is 3.04. The van der Waals surface area contributed by atoms with Crippen molar-refractivity contribution in [3.05, 3.63) is 70.9 Å². The molecule has 0 aliphatic carbocycles. The highest BCUT2D eigenvalue weighted by molar-refractivity contribution is 6.72. The molecule has 3 aromatic rings. The van der Waals surface area contributed by atoms with Gasteiger partial charge in [0.15, 0.2) is 5.69 Å². The molecule has 0 unspecified atom stereocenters. The number of hydrogen-bond donors (Lipinski definition) is 0. The lowest BCUT2D eigenvalue weighted by Gasteiger charge is -2.12. The first-order chi connectivity index (χ1) is 11.9. The summed E-state index contributed by atoms with van der Waals surface area (Å²) >= 11 is 11.4. The standard InChI is InChI=1S/C19H14Cl2N2O2/c1-11-8-9-12(2)14(10-11)23-17(13-6-4-3-5-7-13)15(18(20)24)16(22-23)19(21)25/h3-10H,1-2H3. The van der Waals surface area contributed by atoms with Crippen molar-refractivity contribution in [2.24, 2.45) is 0 Å². The average molecular weight is 373 g/mol. The van der Waals surface area contributed by atoms with Crippen LogP contribution in [0.1, 0.15) is 32.0 Å². The van der Waals surface area contributed by atoms with Crippen molar-refractivity contribution in [2.45, 2.75) is 13.8 Å². The molecule has 0 atom stereocenters. The van der Waals surface area contributed by atoms with E-state index in [1.165, 1.54) is 0 Å². The third-order valence-electron chi connectivity index (χ3n) is 3.91. The van der Waals surface area contributed by atoms with Crippen LogP contribution < -0.4 is 0 Å². The first kappa shape index (κ1) is 17.4. The van der Waals surface area contributed by atoms with Crippen LogP contribution in [-0.4, -0.2) is 20.3 Å². The van der Waals surface area contributed by atoms with E-state index in [0.29, 0.717) is 11.3 Å². The van der Waals surface area contributed by atoms with Crippen LogP contribution >= 0.6 is 23.2 Å². The molecule has 0 radical (unpaired) electrons. The maximum atomic E-state index is 12.1. The molecule has 0 saturated heterocycles. The lowest BCUT2D eigenvalue weighted by Crippen LogP contribution is -2.03. The SMILES string of the molecule is Cc1ccc(C)c(-n2nc(C(=O)Cl)c(C(=O)Cl)c2-c2ccccc2)c1. The summed E-state index contributed by atoms with van der Waals surface area (Å²) in [5, 5.41) is 2.70. The van der Waals surface area contributed by atoms with E-state index in [2.05, 4.69) is 5.10 Å². The zero-order valence-corrected chi connectivity index (χ0v) is 15.1. The van der Waals surface area contributed by atoms with Crippen molar-refractivity contribution in [3.8, 4) is 16.9 Å². The highest BCUT2D eigenvalue weighted by atomic mass is 35.5. The van der Waals surface area contributed by atoms with Gasteiger partial charge in [-0.1, -0.05) is 42.5 Å². The Kier molecular flexibility index (Phi) is 4.75. The number of halogens is 2. The van der Waals surface area contributed by atoms with Crippen LogP contribution in [0.5, 0.6) is 0 Å². The van der Waals surface area contributed by atoms with Gasteiger partial charge in [-0.05, 0) is 54.2 Å². The Labute approximate surface area is 155 Å². The van der Waals surface area contributed by atoms with E-state index in [1.807, 2.05) is 62.4 Å². The number of carbonyl (C=O) groups excluding carboxylic acids is 2. The fourth-order valence-electron chi connectivity index (χ4n) is 2.73. The van der Waals surface area contributed by atoms with Gasteiger partial charge in [0.2, 0.25) is 0 Å². The third kappa shape index (κ3) is 3.23. The summed E-state index contributed by atoms with van der Waals surface area (Å²) in [6.07, 6.45) is 0. The molecule has 0 fully saturated rings. The van der Waals surface area contributed by atoms with Crippen LogP contribution in [-0.2, 0) is 0 Å². The van der Waals surface area contributed by atoms with Gasteiger partial charge in [-0.15, -0.1) is 0 Å². The van der Waals surface area contributed by atoms with Crippen molar-refractivity contribution < 1.29 is 9.59 Å². The minimum Gasteiger partial charge on any atom is -0.275 e. The zero-order chi connectivity index (χ0) is 18.1. The average Bonchev–Trinajstić information content (AvgIpc) is 2.98. The molecule has 1 aromatic heterocycles. The number of carbonyl (C=O) groups is 2. The van der Waals surface area contributed by atoms with E-state index in [9.17, 15) is 9.59 Å². The molecule has 2 aromatic carbocycles. The predicted octanol–water partition coefficient (Wildman–Crippen LogP) is 4.91. The Morgan fingerprint density at radius 1 is 0.960 bits per heavy atom. The summed E-state index contributed by atoms with van der Waals surface area (Å²) in [4.78, 5) is 23.9. The predicted molar refractivity (Wildman–Crippen MR) is 98.8 cm³/mol. The molecule has 6 heteroatoms. The molecule has 0 N–H and O–H groups in total. The minimum atomic E-state index is -0.828. The molecule has 3 rings (SSSR count). The number of aryl methyl sites for hydroxylation is 2. The molecular weight excluding hydrogens is 359 g/mol. The van der Waals surface area contributed by atoms with Gasteiger partial charge in [0, 0.05) is 5.56 Å². The quantitative estimate of drug-likeness (QED) is 0.611. The molecule has 0 amide bonds. The number of rotatable bonds is 4. The summed E-state index contributed by atoms with van der Waals surface area (Å²) in [5.74, 6) is 0. The monoisotopic (exact) mass is 372 g/mol. The Bertz CT molecular complexity index is 979. The van der Waals surface area contributed by atoms with Crippen molar-refractivity contribution in [3.63, 3.8) is 0 Å². The molecule has 0 aliphatic heterocycles. The van der Waals surface area contributed by atoms with Gasteiger partial charge in [0.05, 0.1) is 16.9 Å². The largest absolute Gasteiger partial charge is 0.275 e. The summed E-state index contributed by atoms with van der Waals surface area (Å²) < 4.78 is 1.56. The van der Waals surface area contributed by atoms with Gasteiger partial charge in [0.1, 0.15) is 0 Å². The summed E-state index contributed by atoms with van der Waals surface area (Å²) in [6, 6.07) is 15.0. The highest BCUT2D eigenvalue weighted by Crippen LogP contribution is 2.32. The van der Waals surface area contributed by atoms with Crippen LogP contribution in [0.4, 0.5) is 0 Å². The van der Waals surface area contributed by atoms with Gasteiger partial charge >= 0.3 is 0 Å². The van der Waals surface area contributed by atoms with E-state index >= 15 is 0 Å². The van der Waals surface area contributed by atoms with Gasteiger partial charge < -0.3 is 0 Å². The fraction of sp³-hybridized carbons (Fsp3) is 0.105. The van der Waals surface area contributed by atoms with Gasteiger partial charge in [-0.3, -0.25) is 9.59 Å². The number of nitrogens with zero attached hydrogens (tertiary/aromatic N) is 2.